The van der Waals surface area contributed by atoms with Gasteiger partial charge in [0.05, 0.1) is 12.7 Å². The molecule has 4 nitrogen and oxygen atoms in total. The number of Topliss-reactive ketones (excluding diaryl/α,β-unsaturated/α-hetero) is 1. The topological polar surface area (TPSA) is 55.7 Å². The summed E-state index contributed by atoms with van der Waals surface area (Å²) in [4.78, 5) is 22.0. The third-order valence-electron chi connectivity index (χ3n) is 2.27. The van der Waals surface area contributed by atoms with Crippen molar-refractivity contribution in [3.8, 4) is 5.75 Å². The fourth-order valence-corrected chi connectivity index (χ4v) is 1.63. The minimum atomic E-state index is -0.166. The number of benzene rings is 1. The summed E-state index contributed by atoms with van der Waals surface area (Å²) in [5, 5.41) is 2.85. The normalized spacial score (nSPS) is 9.80. The third kappa shape index (κ3) is 2.03. The maximum Gasteiger partial charge on any atom is 0.162 e. The fourth-order valence-electron chi connectivity index (χ4n) is 1.63. The maximum atomic E-state index is 11.4. The summed E-state index contributed by atoms with van der Waals surface area (Å²) in [6.07, 6.45) is 0.626. The molecule has 0 spiro atoms. The average molecular weight is 207 g/mol. The number of nitrogens with zero attached hydrogens (tertiary/aromatic N) is 1. The second kappa shape index (κ2) is 4.68. The molecule has 4 heteroatoms. The van der Waals surface area contributed by atoms with E-state index in [4.69, 9.17) is 4.74 Å². The molecule has 0 radical (unpaired) electrons. The highest BCUT2D eigenvalue weighted by Gasteiger charge is 2.16. The Hall–Kier alpha value is -1.71. The van der Waals surface area contributed by atoms with Gasteiger partial charge in [0, 0.05) is 5.56 Å². The quantitative estimate of drug-likeness (QED) is 0.563. The predicted octanol–water partition coefficient (Wildman–Crippen LogP) is 2.86. The largest absolute Gasteiger partial charge is 0.496 e. The molecule has 1 aromatic rings. The lowest BCUT2D eigenvalue weighted by Gasteiger charge is -2.11. The van der Waals surface area contributed by atoms with Gasteiger partial charge in [0.25, 0.3) is 0 Å². The summed E-state index contributed by atoms with van der Waals surface area (Å²) in [6.45, 7) is 3.32. The van der Waals surface area contributed by atoms with Crippen LogP contribution >= 0.6 is 0 Å². The number of carbonyl (C=O) groups excluding carboxylic acids is 1. The van der Waals surface area contributed by atoms with Crippen LogP contribution in [0.25, 0.3) is 0 Å². The number of hydrogen-bond donors (Lipinski definition) is 0. The Morgan fingerprint density at radius 2 is 2.13 bits per heavy atom. The van der Waals surface area contributed by atoms with Crippen molar-refractivity contribution >= 4 is 11.5 Å². The van der Waals surface area contributed by atoms with E-state index in [1.807, 2.05) is 6.92 Å². The van der Waals surface area contributed by atoms with E-state index in [1.54, 1.807) is 6.07 Å². The minimum absolute atomic E-state index is 0.166. The molecule has 0 aliphatic rings. The van der Waals surface area contributed by atoms with E-state index in [1.165, 1.54) is 20.1 Å². The number of nitroso groups, excluding NO2 is 1. The van der Waals surface area contributed by atoms with Crippen LogP contribution in [-0.4, -0.2) is 12.9 Å². The third-order valence-corrected chi connectivity index (χ3v) is 2.27. The van der Waals surface area contributed by atoms with Gasteiger partial charge in [-0.05, 0) is 30.7 Å². The molecule has 0 atom stereocenters. The van der Waals surface area contributed by atoms with Crippen molar-refractivity contribution in [2.75, 3.05) is 7.11 Å². The molecule has 0 N–H and O–H groups in total. The molecule has 0 saturated heterocycles. The molecule has 1 rings (SSSR count). The fraction of sp³-hybridized carbons (Fsp3) is 0.364. The molecule has 80 valence electrons. The van der Waals surface area contributed by atoms with Crippen LogP contribution in [0.3, 0.4) is 0 Å². The molecule has 0 amide bonds. The van der Waals surface area contributed by atoms with E-state index < -0.39 is 0 Å². The Kier molecular flexibility index (Phi) is 3.55. The van der Waals surface area contributed by atoms with Gasteiger partial charge in [-0.1, -0.05) is 6.92 Å². The lowest BCUT2D eigenvalue weighted by Crippen LogP contribution is -2.02. The van der Waals surface area contributed by atoms with Gasteiger partial charge in [-0.15, -0.1) is 4.91 Å². The molecule has 1 aromatic carbocycles. The SMILES string of the molecule is CCc1c(OC)ccc(N=O)c1C(C)=O. The second-order valence-electron chi connectivity index (χ2n) is 3.14. The molecule has 0 unspecified atom stereocenters. The van der Waals surface area contributed by atoms with Gasteiger partial charge in [-0.2, -0.15) is 0 Å². The van der Waals surface area contributed by atoms with Gasteiger partial charge in [-0.25, -0.2) is 0 Å². The summed E-state index contributed by atoms with van der Waals surface area (Å²) in [6, 6.07) is 3.16. The zero-order valence-corrected chi connectivity index (χ0v) is 9.03. The monoisotopic (exact) mass is 207 g/mol. The van der Waals surface area contributed by atoms with Crippen molar-refractivity contribution in [1.82, 2.24) is 0 Å². The first kappa shape index (κ1) is 11.4. The van der Waals surface area contributed by atoms with E-state index in [0.29, 0.717) is 17.7 Å². The molecule has 15 heavy (non-hydrogen) atoms. The molecule has 0 aromatic heterocycles. The van der Waals surface area contributed by atoms with Crippen LogP contribution < -0.4 is 4.74 Å². The lowest BCUT2D eigenvalue weighted by molar-refractivity contribution is 0.101. The Bertz CT molecular complexity index is 399. The van der Waals surface area contributed by atoms with E-state index >= 15 is 0 Å². The van der Waals surface area contributed by atoms with E-state index in [0.717, 1.165) is 5.56 Å². The van der Waals surface area contributed by atoms with E-state index in [2.05, 4.69) is 5.18 Å². The summed E-state index contributed by atoms with van der Waals surface area (Å²) in [5.74, 6) is 0.454. The first-order valence-corrected chi connectivity index (χ1v) is 4.69. The smallest absolute Gasteiger partial charge is 0.162 e. The number of carbonyl (C=O) groups is 1. The van der Waals surface area contributed by atoms with Crippen LogP contribution in [0.5, 0.6) is 5.75 Å². The van der Waals surface area contributed by atoms with E-state index in [9.17, 15) is 9.70 Å². The zero-order chi connectivity index (χ0) is 11.4. The Balaban J connectivity index is 3.51. The predicted molar refractivity (Wildman–Crippen MR) is 57.8 cm³/mol. The Morgan fingerprint density at radius 1 is 1.47 bits per heavy atom. The molecular weight excluding hydrogens is 194 g/mol. The van der Waals surface area contributed by atoms with Crippen LogP contribution in [0.2, 0.25) is 0 Å². The van der Waals surface area contributed by atoms with E-state index in [-0.39, 0.29) is 11.5 Å². The first-order chi connectivity index (χ1) is 7.15. The number of hydrogen-bond acceptors (Lipinski definition) is 4. The van der Waals surface area contributed by atoms with Crippen LogP contribution in [0, 0.1) is 4.91 Å². The number of ketones is 1. The van der Waals surface area contributed by atoms with Crippen LogP contribution in [0.4, 0.5) is 5.69 Å². The molecule has 0 aliphatic heterocycles. The molecule has 0 aliphatic carbocycles. The minimum Gasteiger partial charge on any atom is -0.496 e. The first-order valence-electron chi connectivity index (χ1n) is 4.69. The van der Waals surface area contributed by atoms with Crippen LogP contribution in [0.15, 0.2) is 17.3 Å². The van der Waals surface area contributed by atoms with Gasteiger partial charge in [-0.3, -0.25) is 4.79 Å². The number of rotatable bonds is 4. The molecule has 0 saturated carbocycles. The van der Waals surface area contributed by atoms with Crippen molar-refractivity contribution in [3.63, 3.8) is 0 Å². The van der Waals surface area contributed by atoms with Crippen LogP contribution in [0.1, 0.15) is 29.8 Å². The highest BCUT2D eigenvalue weighted by atomic mass is 16.5. The zero-order valence-electron chi connectivity index (χ0n) is 9.03. The lowest BCUT2D eigenvalue weighted by atomic mass is 9.99. The van der Waals surface area contributed by atoms with Crippen molar-refractivity contribution in [2.24, 2.45) is 5.18 Å². The maximum absolute atomic E-state index is 11.4. The Labute approximate surface area is 88.2 Å². The molecule has 0 bridgehead atoms. The van der Waals surface area contributed by atoms with Crippen molar-refractivity contribution in [3.05, 3.63) is 28.2 Å². The summed E-state index contributed by atoms with van der Waals surface area (Å²) in [5.41, 5.74) is 1.29. The molecule has 0 heterocycles. The summed E-state index contributed by atoms with van der Waals surface area (Å²) < 4.78 is 5.13. The van der Waals surface area contributed by atoms with Gasteiger partial charge < -0.3 is 4.74 Å². The van der Waals surface area contributed by atoms with Gasteiger partial charge in [0.15, 0.2) is 5.78 Å². The van der Waals surface area contributed by atoms with Gasteiger partial charge >= 0.3 is 0 Å². The van der Waals surface area contributed by atoms with Crippen LogP contribution in [-0.2, 0) is 6.42 Å². The summed E-state index contributed by atoms with van der Waals surface area (Å²) >= 11 is 0. The van der Waals surface area contributed by atoms with Gasteiger partial charge in [0.2, 0.25) is 0 Å². The number of ether oxygens (including phenoxy) is 1. The van der Waals surface area contributed by atoms with Gasteiger partial charge in [0.1, 0.15) is 11.4 Å². The summed E-state index contributed by atoms with van der Waals surface area (Å²) in [7, 11) is 1.53. The standard InChI is InChI=1S/C11H13NO3/c1-4-8-10(15-3)6-5-9(12-14)11(8)7(2)13/h5-6H,4H2,1-3H3. The second-order valence-corrected chi connectivity index (χ2v) is 3.14. The van der Waals surface area contributed by atoms with Crippen molar-refractivity contribution in [1.29, 1.82) is 0 Å². The average Bonchev–Trinajstić information content (AvgIpc) is 2.26. The van der Waals surface area contributed by atoms with Crippen molar-refractivity contribution in [2.45, 2.75) is 20.3 Å². The number of methoxy groups -OCH3 is 1. The molecular formula is C11H13NO3. The van der Waals surface area contributed by atoms with Crippen molar-refractivity contribution < 1.29 is 9.53 Å². The molecule has 0 fully saturated rings. The highest BCUT2D eigenvalue weighted by Crippen LogP contribution is 2.31. The Morgan fingerprint density at radius 3 is 2.53 bits per heavy atom. The highest BCUT2D eigenvalue weighted by molar-refractivity contribution is 6.01.